The van der Waals surface area contributed by atoms with Crippen LogP contribution in [0.4, 0.5) is 17.1 Å². The van der Waals surface area contributed by atoms with Gasteiger partial charge >= 0.3 is 0 Å². The second-order valence-corrected chi connectivity index (χ2v) is 5.55. The number of carbonyl (C=O) groups is 1. The molecule has 0 saturated heterocycles. The maximum atomic E-state index is 12.5. The molecule has 0 heterocycles. The van der Waals surface area contributed by atoms with Crippen molar-refractivity contribution in [2.45, 2.75) is 13.8 Å². The molecule has 0 aliphatic carbocycles. The van der Waals surface area contributed by atoms with E-state index in [9.17, 15) is 4.79 Å². The highest BCUT2D eigenvalue weighted by Gasteiger charge is 2.21. The Morgan fingerprint density at radius 2 is 2.12 bits per heavy atom. The van der Waals surface area contributed by atoms with Crippen LogP contribution in [0.5, 0.6) is 0 Å². The van der Waals surface area contributed by atoms with Gasteiger partial charge in [-0.2, -0.15) is 5.12 Å². The molecule has 0 saturated carbocycles. The maximum Gasteiger partial charge on any atom is 0.262 e. The number of nitrogen functional groups attached to an aromatic ring is 1. The number of anilines is 3. The first-order valence-corrected chi connectivity index (χ1v) is 7.80. The number of hydrogen-bond donors (Lipinski definition) is 4. The number of allylic oxidation sites excluding steroid dienone is 4. The van der Waals surface area contributed by atoms with Gasteiger partial charge in [0.2, 0.25) is 0 Å². The number of nitrogens with one attached hydrogen (secondary N) is 2. The predicted molar refractivity (Wildman–Crippen MR) is 102 cm³/mol. The number of hydrogen-bond acceptors (Lipinski definition) is 5. The molecule has 0 radical (unpaired) electrons. The number of nitrogens with zero attached hydrogens (tertiary/aromatic N) is 1. The van der Waals surface area contributed by atoms with Crippen molar-refractivity contribution in [3.8, 4) is 0 Å². The van der Waals surface area contributed by atoms with Crippen LogP contribution in [0, 0.1) is 5.92 Å². The van der Waals surface area contributed by atoms with Gasteiger partial charge in [-0.05, 0) is 43.7 Å². The summed E-state index contributed by atoms with van der Waals surface area (Å²) in [4.78, 5) is 12.5. The Kier molecular flexibility index (Phi) is 7.35. The smallest absolute Gasteiger partial charge is 0.262 e. The summed E-state index contributed by atoms with van der Waals surface area (Å²) in [6.45, 7) is 7.16. The molecule has 0 aliphatic heterocycles. The van der Waals surface area contributed by atoms with Crippen molar-refractivity contribution in [1.82, 2.24) is 5.12 Å². The Balaban J connectivity index is 2.89. The Hall–Kier alpha value is -2.44. The summed E-state index contributed by atoms with van der Waals surface area (Å²) in [5.41, 5.74) is 11.4. The molecule has 0 bridgehead atoms. The standard InChI is InChI=1S/C17H24ClN5O/c1-5-12(9-13(18)6-2)11(3)17(24)23(20)22-16-8-7-14(21-4)10-15(16)19/h5-11,21-22H,2,19-20H2,1,3-4H3/b12-5+,13-9+. The molecule has 6 nitrogen and oxygen atoms in total. The van der Waals surface area contributed by atoms with Crippen LogP contribution >= 0.6 is 11.6 Å². The van der Waals surface area contributed by atoms with Crippen LogP contribution < -0.4 is 22.3 Å². The summed E-state index contributed by atoms with van der Waals surface area (Å²) < 4.78 is 0. The summed E-state index contributed by atoms with van der Waals surface area (Å²) in [5, 5.41) is 4.36. The SMILES string of the molecule is C=C/C(Cl)=C\C(=C/C)C(C)C(=O)N(N)Nc1ccc(NC)cc1N. The van der Waals surface area contributed by atoms with E-state index >= 15 is 0 Å². The topological polar surface area (TPSA) is 96.4 Å². The number of halogens is 1. The zero-order chi connectivity index (χ0) is 18.3. The van der Waals surface area contributed by atoms with E-state index in [1.54, 1.807) is 38.3 Å². The number of benzene rings is 1. The van der Waals surface area contributed by atoms with Crippen LogP contribution in [-0.4, -0.2) is 18.1 Å². The Morgan fingerprint density at radius 1 is 1.46 bits per heavy atom. The molecule has 0 fully saturated rings. The van der Waals surface area contributed by atoms with Gasteiger partial charge < -0.3 is 11.1 Å². The fourth-order valence-electron chi connectivity index (χ4n) is 2.03. The number of carbonyl (C=O) groups excluding carboxylic acids is 1. The molecule has 1 atom stereocenters. The average Bonchev–Trinajstić information content (AvgIpc) is 2.59. The first-order chi connectivity index (χ1) is 11.3. The minimum Gasteiger partial charge on any atom is -0.397 e. The Labute approximate surface area is 147 Å². The molecular formula is C17H24ClN5O. The molecule has 130 valence electrons. The van der Waals surface area contributed by atoms with Crippen molar-refractivity contribution in [2.24, 2.45) is 11.8 Å². The third kappa shape index (κ3) is 5.04. The highest BCUT2D eigenvalue weighted by Crippen LogP contribution is 2.24. The molecule has 7 heteroatoms. The summed E-state index contributed by atoms with van der Waals surface area (Å²) in [6, 6.07) is 5.31. The lowest BCUT2D eigenvalue weighted by molar-refractivity contribution is -0.132. The second kappa shape index (κ2) is 9.00. The molecule has 1 aromatic rings. The lowest BCUT2D eigenvalue weighted by atomic mass is 9.99. The Morgan fingerprint density at radius 3 is 2.62 bits per heavy atom. The van der Waals surface area contributed by atoms with E-state index in [0.29, 0.717) is 16.4 Å². The number of rotatable bonds is 7. The van der Waals surface area contributed by atoms with E-state index in [2.05, 4.69) is 17.3 Å². The van der Waals surface area contributed by atoms with Crippen molar-refractivity contribution < 1.29 is 4.79 Å². The fraction of sp³-hybridized carbons (Fsp3) is 0.235. The van der Waals surface area contributed by atoms with Crippen molar-refractivity contribution >= 4 is 34.6 Å². The maximum absolute atomic E-state index is 12.5. The van der Waals surface area contributed by atoms with Gasteiger partial charge in [-0.3, -0.25) is 10.2 Å². The van der Waals surface area contributed by atoms with Crippen LogP contribution in [0.25, 0.3) is 0 Å². The van der Waals surface area contributed by atoms with Gasteiger partial charge in [-0.15, -0.1) is 0 Å². The van der Waals surface area contributed by atoms with Gasteiger partial charge in [-0.25, -0.2) is 5.84 Å². The predicted octanol–water partition coefficient (Wildman–Crippen LogP) is 3.23. The minimum absolute atomic E-state index is 0.329. The van der Waals surface area contributed by atoms with Gasteiger partial charge in [0.1, 0.15) is 0 Å². The zero-order valence-electron chi connectivity index (χ0n) is 14.1. The van der Waals surface area contributed by atoms with E-state index in [1.165, 1.54) is 6.08 Å². The third-order valence-corrected chi connectivity index (χ3v) is 3.79. The van der Waals surface area contributed by atoms with E-state index in [4.69, 9.17) is 23.2 Å². The third-order valence-electron chi connectivity index (χ3n) is 3.52. The normalized spacial score (nSPS) is 13.2. The quantitative estimate of drug-likeness (QED) is 0.199. The molecule has 1 rings (SSSR count). The van der Waals surface area contributed by atoms with Crippen molar-refractivity contribution in [2.75, 3.05) is 23.5 Å². The monoisotopic (exact) mass is 349 g/mol. The first-order valence-electron chi connectivity index (χ1n) is 7.42. The van der Waals surface area contributed by atoms with Crippen molar-refractivity contribution in [3.63, 3.8) is 0 Å². The fourth-order valence-corrected chi connectivity index (χ4v) is 2.16. The van der Waals surface area contributed by atoms with Crippen LogP contribution in [0.3, 0.4) is 0 Å². The van der Waals surface area contributed by atoms with Crippen molar-refractivity contribution in [3.05, 3.63) is 53.6 Å². The van der Waals surface area contributed by atoms with Crippen LogP contribution in [0.15, 0.2) is 53.6 Å². The van der Waals surface area contributed by atoms with Gasteiger partial charge in [-0.1, -0.05) is 30.3 Å². The lowest BCUT2D eigenvalue weighted by Gasteiger charge is -2.24. The molecule has 1 amide bonds. The first kappa shape index (κ1) is 19.6. The van der Waals surface area contributed by atoms with Crippen LogP contribution in [0.2, 0.25) is 0 Å². The molecular weight excluding hydrogens is 326 g/mol. The number of nitrogens with two attached hydrogens (primary N) is 2. The number of hydrazine groups is 2. The van der Waals surface area contributed by atoms with E-state index in [1.807, 2.05) is 13.0 Å². The molecule has 1 unspecified atom stereocenters. The van der Waals surface area contributed by atoms with E-state index in [0.717, 1.165) is 16.4 Å². The molecule has 1 aromatic carbocycles. The molecule has 0 aromatic heterocycles. The minimum atomic E-state index is -0.487. The lowest BCUT2D eigenvalue weighted by Crippen LogP contribution is -2.45. The van der Waals surface area contributed by atoms with Gasteiger partial charge in [0.05, 0.1) is 17.3 Å². The number of amides is 1. The zero-order valence-corrected chi connectivity index (χ0v) is 14.9. The second-order valence-electron chi connectivity index (χ2n) is 5.12. The molecule has 0 spiro atoms. The van der Waals surface area contributed by atoms with Crippen molar-refractivity contribution in [1.29, 1.82) is 0 Å². The van der Waals surface area contributed by atoms with E-state index in [-0.39, 0.29) is 5.91 Å². The average molecular weight is 350 g/mol. The largest absolute Gasteiger partial charge is 0.397 e. The molecule has 0 aliphatic rings. The highest BCUT2D eigenvalue weighted by molar-refractivity contribution is 6.31. The summed E-state index contributed by atoms with van der Waals surface area (Å²) in [5.74, 6) is 5.03. The van der Waals surface area contributed by atoms with E-state index < -0.39 is 5.92 Å². The van der Waals surface area contributed by atoms with Crippen LogP contribution in [-0.2, 0) is 4.79 Å². The summed E-state index contributed by atoms with van der Waals surface area (Å²) in [6.07, 6.45) is 4.99. The molecule has 6 N–H and O–H groups in total. The van der Waals surface area contributed by atoms with Gasteiger partial charge in [0, 0.05) is 17.8 Å². The van der Waals surface area contributed by atoms with Crippen LogP contribution in [0.1, 0.15) is 13.8 Å². The Bertz CT molecular complexity index is 669. The highest BCUT2D eigenvalue weighted by atomic mass is 35.5. The molecule has 24 heavy (non-hydrogen) atoms. The van der Waals surface area contributed by atoms with Gasteiger partial charge in [0.25, 0.3) is 5.91 Å². The van der Waals surface area contributed by atoms with Gasteiger partial charge in [0.15, 0.2) is 0 Å². The summed E-state index contributed by atoms with van der Waals surface area (Å²) >= 11 is 5.95. The summed E-state index contributed by atoms with van der Waals surface area (Å²) in [7, 11) is 1.79.